The number of benzene rings is 2. The number of H-pyrrole nitrogens is 1. The molecule has 54 heavy (non-hydrogen) atoms. The van der Waals surface area contributed by atoms with Crippen LogP contribution < -0.4 is 26.2 Å². The molecule has 0 radical (unpaired) electrons. The number of nitrogens with one attached hydrogen (secondary N) is 4. The number of carbonyl (C=O) groups excluding carboxylic acids is 3. The first kappa shape index (κ1) is 37.8. The normalized spacial score (nSPS) is 22.0. The van der Waals surface area contributed by atoms with Crippen molar-refractivity contribution in [1.29, 1.82) is 0 Å². The second-order valence-corrected chi connectivity index (χ2v) is 14.6. The molecule has 4 fully saturated rings. The van der Waals surface area contributed by atoms with Gasteiger partial charge in [-0.05, 0) is 82.3 Å². The Bertz CT molecular complexity index is 1900. The van der Waals surface area contributed by atoms with Gasteiger partial charge in [0.1, 0.15) is 41.2 Å². The molecule has 0 bridgehead atoms. The zero-order valence-corrected chi connectivity index (χ0v) is 30.2. The predicted octanol–water partition coefficient (Wildman–Crippen LogP) is 3.17. The molecule has 4 saturated heterocycles. The van der Waals surface area contributed by atoms with E-state index in [1.54, 1.807) is 12.1 Å². The van der Waals surface area contributed by atoms with E-state index in [1.807, 2.05) is 0 Å². The smallest absolute Gasteiger partial charge is 0.261 e. The first-order chi connectivity index (χ1) is 26.2. The summed E-state index contributed by atoms with van der Waals surface area (Å²) >= 11 is 0. The zero-order valence-electron chi connectivity index (χ0n) is 30.2. The Hall–Kier alpha value is -4.51. The minimum absolute atomic E-state index is 0.0361. The summed E-state index contributed by atoms with van der Waals surface area (Å²) in [4.78, 5) is 60.8. The van der Waals surface area contributed by atoms with Crippen molar-refractivity contribution in [1.82, 2.24) is 25.1 Å². The van der Waals surface area contributed by atoms with E-state index in [0.717, 1.165) is 58.4 Å². The molecule has 7 rings (SSSR count). The third-order valence-electron chi connectivity index (χ3n) is 10.8. The van der Waals surface area contributed by atoms with Crippen LogP contribution in [0, 0.1) is 23.5 Å². The summed E-state index contributed by atoms with van der Waals surface area (Å²) in [6.45, 7) is 6.72. The molecule has 4 aliphatic rings. The van der Waals surface area contributed by atoms with Crippen LogP contribution in [0.25, 0.3) is 10.9 Å². The van der Waals surface area contributed by atoms with E-state index >= 15 is 0 Å². The lowest BCUT2D eigenvalue weighted by molar-refractivity contribution is -0.133. The van der Waals surface area contributed by atoms with Gasteiger partial charge < -0.3 is 39.6 Å². The fourth-order valence-electron chi connectivity index (χ4n) is 7.54. The fraction of sp³-hybridized carbons (Fsp3) is 0.553. The summed E-state index contributed by atoms with van der Waals surface area (Å²) in [5.74, 6) is -1.54. The Morgan fingerprint density at radius 1 is 0.944 bits per heavy atom. The van der Waals surface area contributed by atoms with Gasteiger partial charge in [-0.2, -0.15) is 0 Å². The predicted molar refractivity (Wildman–Crippen MR) is 195 cm³/mol. The standard InChI is InChI=1S/C38H47F2N7O7/c39-28-17-25(41-31-3-4-34(48)45-37(31)50)1-2-30(28)43-36(49)24-7-12-47(20-24)14-13-46-10-5-23(6-11-46)21-53-27-18-29(40)35-32(19-27)42-33(44-38(35)51)22-54-26-8-15-52-16-9-26/h1-2,17-19,23-24,26,31,41H,3-16,20-22H2,(H,43,49)(H,42,44,51)(H,45,48,50). The van der Waals surface area contributed by atoms with E-state index < -0.39 is 29.1 Å². The highest BCUT2D eigenvalue weighted by Crippen LogP contribution is 2.26. The topological polar surface area (TPSA) is 167 Å². The van der Waals surface area contributed by atoms with E-state index in [1.165, 1.54) is 18.2 Å². The number of carbonyl (C=O) groups is 3. The second kappa shape index (κ2) is 17.3. The number of anilines is 2. The van der Waals surface area contributed by atoms with Crippen LogP contribution in [-0.2, 0) is 30.5 Å². The lowest BCUT2D eigenvalue weighted by atomic mass is 9.98. The number of imide groups is 1. The molecular weight excluding hydrogens is 704 g/mol. The van der Waals surface area contributed by atoms with E-state index in [0.29, 0.717) is 62.4 Å². The molecular formula is C38H47F2N7O7. The molecule has 1 aromatic heterocycles. The van der Waals surface area contributed by atoms with Crippen LogP contribution in [-0.4, -0.2) is 109 Å². The Morgan fingerprint density at radius 3 is 2.50 bits per heavy atom. The van der Waals surface area contributed by atoms with Crippen LogP contribution in [0.5, 0.6) is 5.75 Å². The fourth-order valence-corrected chi connectivity index (χ4v) is 7.54. The van der Waals surface area contributed by atoms with E-state index in [-0.39, 0.29) is 53.5 Å². The number of rotatable bonds is 13. The minimum atomic E-state index is -0.674. The van der Waals surface area contributed by atoms with E-state index in [2.05, 4.69) is 35.7 Å². The Morgan fingerprint density at radius 2 is 1.72 bits per heavy atom. The summed E-state index contributed by atoms with van der Waals surface area (Å²) in [7, 11) is 0. The third kappa shape index (κ3) is 9.58. The minimum Gasteiger partial charge on any atom is -0.493 e. The summed E-state index contributed by atoms with van der Waals surface area (Å²) in [5.41, 5.74) is 0.160. The molecule has 3 aromatic rings. The number of ether oxygens (including phenoxy) is 3. The van der Waals surface area contributed by atoms with Crippen molar-refractivity contribution in [2.45, 2.75) is 63.7 Å². The lowest BCUT2D eigenvalue weighted by Crippen LogP contribution is -2.47. The van der Waals surface area contributed by atoms with Gasteiger partial charge >= 0.3 is 0 Å². The molecule has 5 heterocycles. The van der Waals surface area contributed by atoms with Gasteiger partial charge in [-0.25, -0.2) is 13.8 Å². The van der Waals surface area contributed by atoms with Gasteiger partial charge in [0.2, 0.25) is 17.7 Å². The van der Waals surface area contributed by atoms with Crippen LogP contribution in [0.15, 0.2) is 35.1 Å². The van der Waals surface area contributed by atoms with Crippen LogP contribution in [0.4, 0.5) is 20.2 Å². The molecule has 0 spiro atoms. The van der Waals surface area contributed by atoms with Gasteiger partial charge in [-0.3, -0.25) is 24.5 Å². The Labute approximate surface area is 311 Å². The number of fused-ring (bicyclic) bond motifs is 1. The molecule has 290 valence electrons. The first-order valence-electron chi connectivity index (χ1n) is 18.9. The maximum absolute atomic E-state index is 15.0. The number of piperidine rings is 2. The van der Waals surface area contributed by atoms with Gasteiger partial charge in [0.15, 0.2) is 0 Å². The second-order valence-electron chi connectivity index (χ2n) is 14.6. The van der Waals surface area contributed by atoms with Crippen molar-refractivity contribution in [2.75, 3.05) is 69.7 Å². The molecule has 2 atom stereocenters. The molecule has 3 amide bonds. The van der Waals surface area contributed by atoms with Crippen LogP contribution in [0.3, 0.4) is 0 Å². The number of nitrogens with zero attached hydrogens (tertiary/aromatic N) is 3. The van der Waals surface area contributed by atoms with Crippen LogP contribution in [0.1, 0.15) is 50.8 Å². The summed E-state index contributed by atoms with van der Waals surface area (Å²) in [5, 5.41) is 7.84. The van der Waals surface area contributed by atoms with Crippen molar-refractivity contribution in [3.8, 4) is 5.75 Å². The highest BCUT2D eigenvalue weighted by atomic mass is 19.1. The molecule has 16 heteroatoms. The largest absolute Gasteiger partial charge is 0.493 e. The van der Waals surface area contributed by atoms with Gasteiger partial charge in [0.25, 0.3) is 5.56 Å². The van der Waals surface area contributed by atoms with Crippen LogP contribution >= 0.6 is 0 Å². The molecule has 0 saturated carbocycles. The number of aromatic nitrogens is 2. The summed E-state index contributed by atoms with van der Waals surface area (Å²) in [6.07, 6.45) is 4.68. The van der Waals surface area contributed by atoms with Crippen molar-refractivity contribution in [2.24, 2.45) is 11.8 Å². The molecule has 14 nitrogen and oxygen atoms in total. The summed E-state index contributed by atoms with van der Waals surface area (Å²) < 4.78 is 47.1. The number of hydrogen-bond acceptors (Lipinski definition) is 11. The average Bonchev–Trinajstić information content (AvgIpc) is 3.64. The molecule has 2 aromatic carbocycles. The monoisotopic (exact) mass is 751 g/mol. The Balaban J connectivity index is 0.816. The quantitative estimate of drug-likeness (QED) is 0.190. The number of likely N-dealkylation sites (tertiary alicyclic amines) is 2. The van der Waals surface area contributed by atoms with Crippen molar-refractivity contribution < 1.29 is 37.4 Å². The third-order valence-corrected chi connectivity index (χ3v) is 10.8. The van der Waals surface area contributed by atoms with Crippen LogP contribution in [0.2, 0.25) is 0 Å². The molecule has 4 aliphatic heterocycles. The number of halogens is 2. The number of aromatic amines is 1. The lowest BCUT2D eigenvalue weighted by Gasteiger charge is -2.32. The molecule has 4 N–H and O–H groups in total. The maximum atomic E-state index is 15.0. The molecule has 2 unspecified atom stereocenters. The number of amides is 3. The van der Waals surface area contributed by atoms with E-state index in [9.17, 15) is 28.0 Å². The number of hydrogen-bond donors (Lipinski definition) is 4. The molecule has 0 aliphatic carbocycles. The highest BCUT2D eigenvalue weighted by Gasteiger charge is 2.30. The van der Waals surface area contributed by atoms with Gasteiger partial charge in [-0.15, -0.1) is 0 Å². The summed E-state index contributed by atoms with van der Waals surface area (Å²) in [6, 6.07) is 6.54. The van der Waals surface area contributed by atoms with Crippen molar-refractivity contribution in [3.63, 3.8) is 0 Å². The van der Waals surface area contributed by atoms with Gasteiger partial charge in [0.05, 0.1) is 29.8 Å². The Kier molecular flexibility index (Phi) is 12.1. The van der Waals surface area contributed by atoms with Gasteiger partial charge in [0, 0.05) is 57.1 Å². The van der Waals surface area contributed by atoms with E-state index in [4.69, 9.17) is 14.2 Å². The highest BCUT2D eigenvalue weighted by molar-refractivity contribution is 6.01. The SMILES string of the molecule is O=C1CCC(Nc2ccc(NC(=O)C3CCN(CCN4CCC(COc5cc(F)c6c(=O)[nH]c(COC7CCOCC7)nc6c5)CC4)C3)c(F)c2)C(=O)N1. The van der Waals surface area contributed by atoms with Gasteiger partial charge in [-0.1, -0.05) is 0 Å². The van der Waals surface area contributed by atoms with Crippen molar-refractivity contribution in [3.05, 3.63) is 58.1 Å². The average molecular weight is 752 g/mol. The van der Waals surface area contributed by atoms with Crippen molar-refractivity contribution >= 4 is 40.0 Å². The first-order valence-corrected chi connectivity index (χ1v) is 18.9. The zero-order chi connectivity index (χ0) is 37.6. The maximum Gasteiger partial charge on any atom is 0.261 e.